The van der Waals surface area contributed by atoms with Gasteiger partial charge in [0.1, 0.15) is 6.61 Å². The van der Waals surface area contributed by atoms with Crippen molar-refractivity contribution in [3.8, 4) is 11.1 Å². The molecule has 1 aliphatic rings. The van der Waals surface area contributed by atoms with Crippen LogP contribution in [0.3, 0.4) is 0 Å². The number of carbonyl (C=O) groups excluding carboxylic acids is 2. The molecule has 0 saturated heterocycles. The van der Waals surface area contributed by atoms with Crippen molar-refractivity contribution in [3.05, 3.63) is 83.7 Å². The lowest BCUT2D eigenvalue weighted by Gasteiger charge is -2.25. The van der Waals surface area contributed by atoms with E-state index in [-0.39, 0.29) is 30.5 Å². The maximum Gasteiger partial charge on any atom is 0.411 e. The number of aliphatic carboxylic acids is 1. The van der Waals surface area contributed by atoms with Gasteiger partial charge in [-0.05, 0) is 41.3 Å². The van der Waals surface area contributed by atoms with Gasteiger partial charge in [-0.25, -0.2) is 14.6 Å². The summed E-state index contributed by atoms with van der Waals surface area (Å²) >= 11 is 0. The molecule has 4 rings (SSSR count). The van der Waals surface area contributed by atoms with Gasteiger partial charge in [0.25, 0.3) is 5.91 Å². The number of hydrogen-bond acceptors (Lipinski definition) is 6. The molecular weight excluding hydrogens is 450 g/mol. The number of amides is 2. The predicted octanol–water partition coefficient (Wildman–Crippen LogP) is 3.66. The molecule has 1 aliphatic carbocycles. The SMILES string of the molecule is COCC(C)(NC(=O)c1ncccc1NC(=O)OCC1c2ccccc2-c2ccccc21)C(=O)O. The van der Waals surface area contributed by atoms with E-state index >= 15 is 0 Å². The van der Waals surface area contributed by atoms with Crippen LogP contribution >= 0.6 is 0 Å². The van der Waals surface area contributed by atoms with Gasteiger partial charge in [-0.2, -0.15) is 0 Å². The lowest BCUT2D eigenvalue weighted by atomic mass is 9.98. The van der Waals surface area contributed by atoms with Crippen LogP contribution in [0.15, 0.2) is 66.9 Å². The molecule has 0 radical (unpaired) electrons. The van der Waals surface area contributed by atoms with Crippen molar-refractivity contribution in [2.45, 2.75) is 18.4 Å². The number of hydrogen-bond donors (Lipinski definition) is 3. The Balaban J connectivity index is 1.47. The second-order valence-electron chi connectivity index (χ2n) is 8.37. The Morgan fingerprint density at radius 3 is 2.23 bits per heavy atom. The van der Waals surface area contributed by atoms with Gasteiger partial charge in [-0.3, -0.25) is 10.1 Å². The van der Waals surface area contributed by atoms with Crippen LogP contribution in [-0.2, 0) is 14.3 Å². The number of nitrogens with zero attached hydrogens (tertiary/aromatic N) is 1. The van der Waals surface area contributed by atoms with E-state index in [9.17, 15) is 19.5 Å². The Hall–Kier alpha value is -4.24. The van der Waals surface area contributed by atoms with Crippen molar-refractivity contribution in [1.29, 1.82) is 0 Å². The van der Waals surface area contributed by atoms with Crippen LogP contribution in [0, 0.1) is 0 Å². The van der Waals surface area contributed by atoms with Gasteiger partial charge in [0.2, 0.25) is 0 Å². The summed E-state index contributed by atoms with van der Waals surface area (Å²) in [6.07, 6.45) is 0.610. The van der Waals surface area contributed by atoms with E-state index in [4.69, 9.17) is 9.47 Å². The fourth-order valence-electron chi connectivity index (χ4n) is 4.18. The molecule has 0 spiro atoms. The normalized spacial score (nSPS) is 13.8. The molecule has 1 heterocycles. The molecular formula is C26H25N3O6. The number of nitrogens with one attached hydrogen (secondary N) is 2. The number of ether oxygens (including phenoxy) is 2. The van der Waals surface area contributed by atoms with Gasteiger partial charge in [0, 0.05) is 19.2 Å². The molecule has 180 valence electrons. The second kappa shape index (κ2) is 9.94. The van der Waals surface area contributed by atoms with Gasteiger partial charge < -0.3 is 19.9 Å². The third-order valence-corrected chi connectivity index (χ3v) is 5.90. The zero-order valence-electron chi connectivity index (χ0n) is 19.3. The number of anilines is 1. The fourth-order valence-corrected chi connectivity index (χ4v) is 4.18. The highest BCUT2D eigenvalue weighted by Crippen LogP contribution is 2.44. The van der Waals surface area contributed by atoms with Crippen LogP contribution in [-0.4, -0.2) is 53.9 Å². The summed E-state index contributed by atoms with van der Waals surface area (Å²) in [4.78, 5) is 41.1. The summed E-state index contributed by atoms with van der Waals surface area (Å²) in [6, 6.07) is 19.0. The van der Waals surface area contributed by atoms with Gasteiger partial charge in [0.05, 0.1) is 12.3 Å². The Morgan fingerprint density at radius 2 is 1.63 bits per heavy atom. The van der Waals surface area contributed by atoms with Gasteiger partial charge >= 0.3 is 12.1 Å². The van der Waals surface area contributed by atoms with E-state index in [2.05, 4.69) is 15.6 Å². The topological polar surface area (TPSA) is 127 Å². The quantitative estimate of drug-likeness (QED) is 0.454. The average molecular weight is 476 g/mol. The number of carboxylic acid groups (broad SMARTS) is 1. The molecule has 2 amide bonds. The zero-order chi connectivity index (χ0) is 25.0. The molecule has 1 aromatic heterocycles. The zero-order valence-corrected chi connectivity index (χ0v) is 19.3. The van der Waals surface area contributed by atoms with Crippen molar-refractivity contribution in [2.24, 2.45) is 0 Å². The van der Waals surface area contributed by atoms with Gasteiger partial charge in [-0.1, -0.05) is 48.5 Å². The maximum atomic E-state index is 12.8. The van der Waals surface area contributed by atoms with Crippen LogP contribution in [0.5, 0.6) is 0 Å². The van der Waals surface area contributed by atoms with Gasteiger partial charge in [-0.15, -0.1) is 0 Å². The molecule has 3 aromatic rings. The van der Waals surface area contributed by atoms with Crippen LogP contribution in [0.25, 0.3) is 11.1 Å². The number of carboxylic acids is 1. The number of fused-ring (bicyclic) bond motifs is 3. The molecule has 35 heavy (non-hydrogen) atoms. The van der Waals surface area contributed by atoms with E-state index < -0.39 is 23.5 Å². The first-order chi connectivity index (χ1) is 16.8. The molecule has 1 unspecified atom stereocenters. The first kappa shape index (κ1) is 23.9. The largest absolute Gasteiger partial charge is 0.479 e. The first-order valence-electron chi connectivity index (χ1n) is 11.0. The number of methoxy groups -OCH3 is 1. The number of aromatic nitrogens is 1. The number of carbonyl (C=O) groups is 3. The number of pyridine rings is 1. The Labute approximate surface area is 202 Å². The molecule has 0 fully saturated rings. The van der Waals surface area contributed by atoms with Crippen LogP contribution in [0.4, 0.5) is 10.5 Å². The Kier molecular flexibility index (Phi) is 6.79. The first-order valence-corrected chi connectivity index (χ1v) is 11.0. The van der Waals surface area contributed by atoms with E-state index in [1.807, 2.05) is 48.5 Å². The molecule has 0 saturated carbocycles. The molecule has 0 aliphatic heterocycles. The molecule has 9 nitrogen and oxygen atoms in total. The monoisotopic (exact) mass is 475 g/mol. The smallest absolute Gasteiger partial charge is 0.411 e. The van der Waals surface area contributed by atoms with E-state index in [1.54, 1.807) is 6.07 Å². The molecule has 1 atom stereocenters. The van der Waals surface area contributed by atoms with Gasteiger partial charge in [0.15, 0.2) is 11.2 Å². The van der Waals surface area contributed by atoms with Crippen molar-refractivity contribution in [3.63, 3.8) is 0 Å². The average Bonchev–Trinajstić information content (AvgIpc) is 3.17. The third kappa shape index (κ3) is 4.85. The standard InChI is InChI=1S/C26H25N3O6/c1-26(15-34-2,24(31)32)29-23(30)22-21(12-7-13-27-22)28-25(33)35-14-20-18-10-5-3-8-16(18)17-9-4-6-11-19(17)20/h3-13,20H,14-15H2,1-2H3,(H,28,33)(H,29,30)(H,31,32). The molecule has 0 bridgehead atoms. The minimum absolute atomic E-state index is 0.0902. The lowest BCUT2D eigenvalue weighted by Crippen LogP contribution is -2.55. The van der Waals surface area contributed by atoms with Crippen LogP contribution in [0.1, 0.15) is 34.5 Å². The molecule has 2 aromatic carbocycles. The summed E-state index contributed by atoms with van der Waals surface area (Å²) in [5.74, 6) is -2.16. The van der Waals surface area contributed by atoms with Crippen molar-refractivity contribution in [2.75, 3.05) is 25.6 Å². The van der Waals surface area contributed by atoms with Crippen LogP contribution in [0.2, 0.25) is 0 Å². The fraction of sp³-hybridized carbons (Fsp3) is 0.231. The Morgan fingerprint density at radius 1 is 1.00 bits per heavy atom. The summed E-state index contributed by atoms with van der Waals surface area (Å²) < 4.78 is 10.5. The van der Waals surface area contributed by atoms with Crippen LogP contribution < -0.4 is 10.6 Å². The summed E-state index contributed by atoms with van der Waals surface area (Å²) in [5.41, 5.74) is 2.64. The summed E-state index contributed by atoms with van der Waals surface area (Å²) in [6.45, 7) is 1.17. The van der Waals surface area contributed by atoms with Crippen molar-refractivity contribution >= 4 is 23.7 Å². The van der Waals surface area contributed by atoms with Crippen molar-refractivity contribution in [1.82, 2.24) is 10.3 Å². The van der Waals surface area contributed by atoms with E-state index in [0.29, 0.717) is 0 Å². The van der Waals surface area contributed by atoms with Crippen molar-refractivity contribution < 1.29 is 29.0 Å². The van der Waals surface area contributed by atoms with E-state index in [1.165, 1.54) is 26.3 Å². The highest BCUT2D eigenvalue weighted by atomic mass is 16.5. The van der Waals surface area contributed by atoms with E-state index in [0.717, 1.165) is 22.3 Å². The maximum absolute atomic E-state index is 12.8. The summed E-state index contributed by atoms with van der Waals surface area (Å²) in [5, 5.41) is 14.4. The Bertz CT molecular complexity index is 1230. The number of rotatable bonds is 8. The highest BCUT2D eigenvalue weighted by Gasteiger charge is 2.36. The number of benzene rings is 2. The predicted molar refractivity (Wildman–Crippen MR) is 128 cm³/mol. The second-order valence-corrected chi connectivity index (χ2v) is 8.37. The minimum atomic E-state index is -1.68. The molecule has 9 heteroatoms. The lowest BCUT2D eigenvalue weighted by molar-refractivity contribution is -0.145. The highest BCUT2D eigenvalue weighted by molar-refractivity contribution is 6.02. The minimum Gasteiger partial charge on any atom is -0.479 e. The third-order valence-electron chi connectivity index (χ3n) is 5.90. The molecule has 3 N–H and O–H groups in total. The summed E-state index contributed by atoms with van der Waals surface area (Å²) in [7, 11) is 1.33.